The summed E-state index contributed by atoms with van der Waals surface area (Å²) >= 11 is 0. The Morgan fingerprint density at radius 1 is 0.800 bits per heavy atom. The highest BCUT2D eigenvalue weighted by Gasteiger charge is 2.30. The van der Waals surface area contributed by atoms with Crippen LogP contribution in [0.4, 0.5) is 0 Å². The molecule has 0 heterocycles. The molecule has 0 aliphatic carbocycles. The first-order valence-electron chi connectivity index (χ1n) is 9.72. The van der Waals surface area contributed by atoms with E-state index < -0.39 is 5.54 Å². The van der Waals surface area contributed by atoms with Crippen LogP contribution in [0.25, 0.3) is 0 Å². The lowest BCUT2D eigenvalue weighted by Crippen LogP contribution is -2.45. The molecule has 0 spiro atoms. The van der Waals surface area contributed by atoms with Gasteiger partial charge < -0.3 is 19.5 Å². The van der Waals surface area contributed by atoms with Crippen molar-refractivity contribution in [3.05, 3.63) is 89.5 Å². The van der Waals surface area contributed by atoms with Crippen molar-refractivity contribution in [1.82, 2.24) is 5.32 Å². The molecule has 3 rings (SSSR count). The number of nitrogens with one attached hydrogen (secondary N) is 1. The van der Waals surface area contributed by atoms with Gasteiger partial charge >= 0.3 is 0 Å². The van der Waals surface area contributed by atoms with Gasteiger partial charge in [0.1, 0.15) is 0 Å². The summed E-state index contributed by atoms with van der Waals surface area (Å²) in [6, 6.07) is 23.5. The topological polar surface area (TPSA) is 56.8 Å². The van der Waals surface area contributed by atoms with Gasteiger partial charge in [-0.2, -0.15) is 0 Å². The number of carbonyl (C=O) groups excluding carboxylic acids is 1. The van der Waals surface area contributed by atoms with Crippen LogP contribution in [0.1, 0.15) is 23.6 Å². The largest absolute Gasteiger partial charge is 0.493 e. The highest BCUT2D eigenvalue weighted by atomic mass is 16.5. The number of methoxy groups -OCH3 is 3. The second-order valence-electron chi connectivity index (χ2n) is 7.12. The Labute approximate surface area is 177 Å². The van der Waals surface area contributed by atoms with Gasteiger partial charge in [0.15, 0.2) is 11.5 Å². The van der Waals surface area contributed by atoms with Crippen molar-refractivity contribution in [1.29, 1.82) is 0 Å². The molecular weight excluding hydrogens is 378 g/mol. The summed E-state index contributed by atoms with van der Waals surface area (Å²) in [5, 5.41) is 3.23. The molecule has 5 nitrogen and oxygen atoms in total. The molecule has 5 heteroatoms. The zero-order chi connectivity index (χ0) is 21.6. The standard InChI is InChI=1S/C25H27NO4/c1-25(19-11-7-5-8-12-19,20-13-9-6-10-14-20)26-23(27)17-18-15-21(28-2)24(30-4)22(16-18)29-3/h5-16H,17H2,1-4H3,(H,26,27). The van der Waals surface area contributed by atoms with Gasteiger partial charge in [-0.15, -0.1) is 0 Å². The fourth-order valence-corrected chi connectivity index (χ4v) is 3.60. The van der Waals surface area contributed by atoms with E-state index in [2.05, 4.69) is 5.32 Å². The molecule has 1 N–H and O–H groups in total. The second-order valence-corrected chi connectivity index (χ2v) is 7.12. The van der Waals surface area contributed by atoms with Gasteiger partial charge in [-0.25, -0.2) is 0 Å². The number of rotatable bonds is 8. The fraction of sp³-hybridized carbons (Fsp3) is 0.240. The zero-order valence-electron chi connectivity index (χ0n) is 17.8. The molecular formula is C25H27NO4. The number of hydrogen-bond acceptors (Lipinski definition) is 4. The van der Waals surface area contributed by atoms with E-state index in [1.807, 2.05) is 67.6 Å². The van der Waals surface area contributed by atoms with Crippen LogP contribution in [-0.4, -0.2) is 27.2 Å². The molecule has 156 valence electrons. The third-order valence-corrected chi connectivity index (χ3v) is 5.18. The number of benzene rings is 3. The summed E-state index contributed by atoms with van der Waals surface area (Å²) in [6.45, 7) is 2.02. The lowest BCUT2D eigenvalue weighted by atomic mass is 9.84. The van der Waals surface area contributed by atoms with Crippen LogP contribution in [0.3, 0.4) is 0 Å². The van der Waals surface area contributed by atoms with Crippen molar-refractivity contribution in [2.45, 2.75) is 18.9 Å². The maximum atomic E-state index is 13.1. The molecule has 1 amide bonds. The number of carbonyl (C=O) groups is 1. The van der Waals surface area contributed by atoms with Gasteiger partial charge in [0.2, 0.25) is 11.7 Å². The summed E-state index contributed by atoms with van der Waals surface area (Å²) in [7, 11) is 4.67. The molecule has 0 aliphatic rings. The minimum absolute atomic E-state index is 0.112. The Morgan fingerprint density at radius 2 is 1.27 bits per heavy atom. The third-order valence-electron chi connectivity index (χ3n) is 5.18. The molecule has 0 unspecified atom stereocenters. The molecule has 0 saturated heterocycles. The summed E-state index contributed by atoms with van der Waals surface area (Å²) in [4.78, 5) is 13.1. The van der Waals surface area contributed by atoms with Gasteiger partial charge in [-0.05, 0) is 35.7 Å². The number of ether oxygens (including phenoxy) is 3. The van der Waals surface area contributed by atoms with Crippen molar-refractivity contribution in [3.63, 3.8) is 0 Å². The van der Waals surface area contributed by atoms with E-state index in [-0.39, 0.29) is 12.3 Å². The van der Waals surface area contributed by atoms with Gasteiger partial charge in [0.25, 0.3) is 0 Å². The van der Waals surface area contributed by atoms with E-state index in [0.29, 0.717) is 17.2 Å². The van der Waals surface area contributed by atoms with E-state index in [0.717, 1.165) is 16.7 Å². The van der Waals surface area contributed by atoms with E-state index in [4.69, 9.17) is 14.2 Å². The van der Waals surface area contributed by atoms with E-state index in [1.165, 1.54) is 0 Å². The summed E-state index contributed by atoms with van der Waals surface area (Å²) < 4.78 is 16.2. The third kappa shape index (κ3) is 4.40. The summed E-state index contributed by atoms with van der Waals surface area (Å²) in [6.07, 6.45) is 0.173. The van der Waals surface area contributed by atoms with Crippen LogP contribution in [0, 0.1) is 0 Å². The molecule has 3 aromatic carbocycles. The Bertz CT molecular complexity index is 922. The van der Waals surface area contributed by atoms with Crippen LogP contribution in [0.5, 0.6) is 17.2 Å². The maximum absolute atomic E-state index is 13.1. The predicted molar refractivity (Wildman–Crippen MR) is 117 cm³/mol. The van der Waals surface area contributed by atoms with Crippen molar-refractivity contribution in [3.8, 4) is 17.2 Å². The normalized spacial score (nSPS) is 10.9. The van der Waals surface area contributed by atoms with Gasteiger partial charge in [0.05, 0.1) is 33.3 Å². The molecule has 0 aromatic heterocycles. The van der Waals surface area contributed by atoms with Crippen molar-refractivity contribution < 1.29 is 19.0 Å². The van der Waals surface area contributed by atoms with Crippen LogP contribution >= 0.6 is 0 Å². The molecule has 0 atom stereocenters. The van der Waals surface area contributed by atoms with E-state index in [1.54, 1.807) is 33.5 Å². The van der Waals surface area contributed by atoms with Gasteiger partial charge in [-0.1, -0.05) is 60.7 Å². The lowest BCUT2D eigenvalue weighted by Gasteiger charge is -2.32. The van der Waals surface area contributed by atoms with Gasteiger partial charge in [-0.3, -0.25) is 4.79 Å². The van der Waals surface area contributed by atoms with Crippen LogP contribution < -0.4 is 19.5 Å². The lowest BCUT2D eigenvalue weighted by molar-refractivity contribution is -0.121. The second kappa shape index (κ2) is 9.35. The first kappa shape index (κ1) is 21.2. The Hall–Kier alpha value is -3.47. The predicted octanol–water partition coefficient (Wildman–Crippen LogP) is 4.33. The molecule has 0 saturated carbocycles. The molecule has 0 aliphatic heterocycles. The van der Waals surface area contributed by atoms with Crippen LogP contribution in [0.15, 0.2) is 72.8 Å². The molecule has 30 heavy (non-hydrogen) atoms. The minimum atomic E-state index is -0.666. The fourth-order valence-electron chi connectivity index (χ4n) is 3.60. The van der Waals surface area contributed by atoms with Gasteiger partial charge in [0, 0.05) is 0 Å². The first-order valence-corrected chi connectivity index (χ1v) is 9.72. The van der Waals surface area contributed by atoms with E-state index >= 15 is 0 Å². The maximum Gasteiger partial charge on any atom is 0.225 e. The summed E-state index contributed by atoms with van der Waals surface area (Å²) in [5.41, 5.74) is 2.12. The quantitative estimate of drug-likeness (QED) is 0.606. The molecule has 0 radical (unpaired) electrons. The monoisotopic (exact) mass is 405 g/mol. The molecule has 0 bridgehead atoms. The van der Waals surface area contributed by atoms with Crippen LogP contribution in [0.2, 0.25) is 0 Å². The first-order chi connectivity index (χ1) is 14.5. The van der Waals surface area contributed by atoms with Crippen molar-refractivity contribution >= 4 is 5.91 Å². The highest BCUT2D eigenvalue weighted by Crippen LogP contribution is 2.38. The van der Waals surface area contributed by atoms with Crippen molar-refractivity contribution in [2.24, 2.45) is 0 Å². The van der Waals surface area contributed by atoms with Crippen molar-refractivity contribution in [2.75, 3.05) is 21.3 Å². The minimum Gasteiger partial charge on any atom is -0.493 e. The SMILES string of the molecule is COc1cc(CC(=O)NC(C)(c2ccccc2)c2ccccc2)cc(OC)c1OC. The molecule has 0 fully saturated rings. The average Bonchev–Trinajstić information content (AvgIpc) is 2.79. The summed E-state index contributed by atoms with van der Waals surface area (Å²) in [5.74, 6) is 1.43. The smallest absolute Gasteiger partial charge is 0.225 e. The average molecular weight is 405 g/mol. The Morgan fingerprint density at radius 3 is 1.67 bits per heavy atom. The Balaban J connectivity index is 1.91. The van der Waals surface area contributed by atoms with E-state index in [9.17, 15) is 4.79 Å². The Kier molecular flexibility index (Phi) is 6.62. The molecule has 3 aromatic rings. The number of amides is 1. The highest BCUT2D eigenvalue weighted by molar-refractivity contribution is 5.80. The number of hydrogen-bond donors (Lipinski definition) is 1. The van der Waals surface area contributed by atoms with Crippen LogP contribution in [-0.2, 0) is 16.8 Å². The zero-order valence-corrected chi connectivity index (χ0v) is 17.8.